The van der Waals surface area contributed by atoms with Gasteiger partial charge in [0.2, 0.25) is 10.0 Å². The maximum absolute atomic E-state index is 12.9. The van der Waals surface area contributed by atoms with E-state index in [0.29, 0.717) is 18.0 Å². The van der Waals surface area contributed by atoms with E-state index in [4.69, 9.17) is 0 Å². The number of rotatable bonds is 7. The molecule has 8 nitrogen and oxygen atoms in total. The molecule has 1 aromatic heterocycles. The number of benzene rings is 2. The van der Waals surface area contributed by atoms with Crippen molar-refractivity contribution in [3.8, 4) is 0 Å². The minimum atomic E-state index is -3.55. The number of hydrogen-bond donors (Lipinski definition) is 3. The molecule has 0 spiro atoms. The number of nitrogens with one attached hydrogen (secondary N) is 3. The molecule has 0 bridgehead atoms. The van der Waals surface area contributed by atoms with Gasteiger partial charge in [0.1, 0.15) is 0 Å². The number of urea groups is 1. The van der Waals surface area contributed by atoms with Crippen molar-refractivity contribution in [3.63, 3.8) is 0 Å². The van der Waals surface area contributed by atoms with E-state index in [1.54, 1.807) is 12.1 Å². The summed E-state index contributed by atoms with van der Waals surface area (Å²) in [6.07, 6.45) is 1.46. The van der Waals surface area contributed by atoms with Gasteiger partial charge < -0.3 is 15.5 Å². The third kappa shape index (κ3) is 7.06. The summed E-state index contributed by atoms with van der Waals surface area (Å²) in [7, 11) is -3.55. The van der Waals surface area contributed by atoms with Gasteiger partial charge in [-0.05, 0) is 68.1 Å². The molecule has 0 saturated carbocycles. The summed E-state index contributed by atoms with van der Waals surface area (Å²) in [4.78, 5) is 19.5. The lowest BCUT2D eigenvalue weighted by Gasteiger charge is -2.32. The first-order chi connectivity index (χ1) is 17.5. The largest absolute Gasteiger partial charge is 0.337 e. The smallest absolute Gasteiger partial charge is 0.319 e. The van der Waals surface area contributed by atoms with E-state index in [0.717, 1.165) is 53.8 Å². The number of aromatic nitrogens is 1. The molecule has 37 heavy (non-hydrogen) atoms. The van der Waals surface area contributed by atoms with Gasteiger partial charge in [-0.15, -0.1) is 0 Å². The fourth-order valence-corrected chi connectivity index (χ4v) is 5.91. The van der Waals surface area contributed by atoms with E-state index in [1.165, 1.54) is 0 Å². The Balaban J connectivity index is 1.21. The summed E-state index contributed by atoms with van der Waals surface area (Å²) >= 11 is 0. The van der Waals surface area contributed by atoms with Crippen LogP contribution >= 0.6 is 0 Å². The SMILES string of the molecule is Cc1cc(NC(=O)NCCN2CCC(NS(=O)(=O)c3ccc(C(C)(C)C)cc3)CC2)c2ccccc2n1. The lowest BCUT2D eigenvalue weighted by molar-refractivity contribution is 0.206. The molecule has 1 saturated heterocycles. The van der Waals surface area contributed by atoms with Crippen molar-refractivity contribution in [1.82, 2.24) is 19.9 Å². The number of aryl methyl sites for hydroxylation is 1. The molecule has 4 rings (SSSR count). The number of likely N-dealkylation sites (tertiary alicyclic amines) is 1. The summed E-state index contributed by atoms with van der Waals surface area (Å²) in [6, 6.07) is 16.4. The molecule has 1 aliphatic rings. The van der Waals surface area contributed by atoms with E-state index in [9.17, 15) is 13.2 Å². The van der Waals surface area contributed by atoms with Gasteiger partial charge in [-0.2, -0.15) is 0 Å². The summed E-state index contributed by atoms with van der Waals surface area (Å²) < 4.78 is 28.6. The zero-order valence-corrected chi connectivity index (χ0v) is 22.9. The monoisotopic (exact) mass is 523 g/mol. The van der Waals surface area contributed by atoms with Crippen LogP contribution in [-0.2, 0) is 15.4 Å². The molecule has 0 aliphatic carbocycles. The quantitative estimate of drug-likeness (QED) is 0.426. The summed E-state index contributed by atoms with van der Waals surface area (Å²) in [5.74, 6) is 0. The lowest BCUT2D eigenvalue weighted by Crippen LogP contribution is -2.46. The highest BCUT2D eigenvalue weighted by molar-refractivity contribution is 7.89. The van der Waals surface area contributed by atoms with Gasteiger partial charge in [-0.1, -0.05) is 51.1 Å². The first-order valence-electron chi connectivity index (χ1n) is 12.8. The second-order valence-electron chi connectivity index (χ2n) is 10.7. The van der Waals surface area contributed by atoms with Crippen molar-refractivity contribution in [2.75, 3.05) is 31.5 Å². The third-order valence-corrected chi connectivity index (χ3v) is 8.28. The Bertz CT molecular complexity index is 1340. The number of amides is 2. The first kappa shape index (κ1) is 27.0. The van der Waals surface area contributed by atoms with Crippen LogP contribution < -0.4 is 15.4 Å². The standard InChI is InChI=1S/C28H37N5O3S/c1-20-19-26(24-7-5-6-8-25(24)30-20)31-27(34)29-15-18-33-16-13-22(14-17-33)32-37(35,36)23-11-9-21(10-12-23)28(2,3)4/h5-12,19,22,32H,13-18H2,1-4H3,(H2,29,30,31,34). The van der Waals surface area contributed by atoms with Crippen LogP contribution in [0.15, 0.2) is 59.5 Å². The Morgan fingerprint density at radius 2 is 1.73 bits per heavy atom. The average Bonchev–Trinajstić information content (AvgIpc) is 2.84. The minimum absolute atomic E-state index is 0.0233. The maximum Gasteiger partial charge on any atom is 0.319 e. The number of fused-ring (bicyclic) bond motifs is 1. The second kappa shape index (κ2) is 11.2. The van der Waals surface area contributed by atoms with Crippen LogP contribution in [-0.4, -0.2) is 56.6 Å². The number of pyridine rings is 1. The number of carbonyl (C=O) groups is 1. The van der Waals surface area contributed by atoms with Gasteiger partial charge in [0.05, 0.1) is 16.1 Å². The van der Waals surface area contributed by atoms with E-state index in [-0.39, 0.29) is 17.5 Å². The molecule has 3 N–H and O–H groups in total. The molecule has 0 unspecified atom stereocenters. The highest BCUT2D eigenvalue weighted by Gasteiger charge is 2.25. The molecule has 1 aliphatic heterocycles. The zero-order chi connectivity index (χ0) is 26.6. The minimum Gasteiger partial charge on any atom is -0.337 e. The Morgan fingerprint density at radius 3 is 2.41 bits per heavy atom. The number of piperidine rings is 1. The van der Waals surface area contributed by atoms with Gasteiger partial charge in [-0.3, -0.25) is 4.98 Å². The second-order valence-corrected chi connectivity index (χ2v) is 12.4. The number of nitrogens with zero attached hydrogens (tertiary/aromatic N) is 2. The van der Waals surface area contributed by atoms with Crippen LogP contribution in [0.4, 0.5) is 10.5 Å². The molecule has 1 fully saturated rings. The van der Waals surface area contributed by atoms with E-state index in [2.05, 4.69) is 46.0 Å². The highest BCUT2D eigenvalue weighted by atomic mass is 32.2. The number of carbonyl (C=O) groups excluding carboxylic acids is 1. The van der Waals surface area contributed by atoms with Gasteiger partial charge in [0.25, 0.3) is 0 Å². The van der Waals surface area contributed by atoms with Crippen LogP contribution in [0.3, 0.4) is 0 Å². The fraction of sp³-hybridized carbons (Fsp3) is 0.429. The molecule has 3 aromatic rings. The van der Waals surface area contributed by atoms with Gasteiger partial charge in [0, 0.05) is 30.2 Å². The molecule has 0 atom stereocenters. The maximum atomic E-state index is 12.9. The Labute approximate surface area is 219 Å². The Morgan fingerprint density at radius 1 is 1.05 bits per heavy atom. The number of hydrogen-bond acceptors (Lipinski definition) is 5. The topological polar surface area (TPSA) is 103 Å². The molecule has 2 amide bonds. The highest BCUT2D eigenvalue weighted by Crippen LogP contribution is 2.24. The number of sulfonamides is 1. The van der Waals surface area contributed by atoms with Crippen LogP contribution in [0.2, 0.25) is 0 Å². The lowest BCUT2D eigenvalue weighted by atomic mass is 9.87. The predicted molar refractivity (Wildman–Crippen MR) is 148 cm³/mol. The first-order valence-corrected chi connectivity index (χ1v) is 14.3. The van der Waals surface area contributed by atoms with E-state index >= 15 is 0 Å². The number of anilines is 1. The van der Waals surface area contributed by atoms with Crippen molar-refractivity contribution in [1.29, 1.82) is 0 Å². The van der Waals surface area contributed by atoms with Crippen LogP contribution in [0, 0.1) is 6.92 Å². The molecule has 2 aromatic carbocycles. The van der Waals surface area contributed by atoms with Crippen LogP contribution in [0.25, 0.3) is 10.9 Å². The van der Waals surface area contributed by atoms with Gasteiger partial charge in [0.15, 0.2) is 0 Å². The zero-order valence-electron chi connectivity index (χ0n) is 22.0. The molecular weight excluding hydrogens is 486 g/mol. The Kier molecular flexibility index (Phi) is 8.16. The summed E-state index contributed by atoms with van der Waals surface area (Å²) in [6.45, 7) is 11.0. The van der Waals surface area contributed by atoms with E-state index in [1.807, 2.05) is 49.4 Å². The molecule has 2 heterocycles. The van der Waals surface area contributed by atoms with Crippen molar-refractivity contribution >= 4 is 32.6 Å². The van der Waals surface area contributed by atoms with Crippen LogP contribution in [0.1, 0.15) is 44.9 Å². The summed E-state index contributed by atoms with van der Waals surface area (Å²) in [5, 5.41) is 6.76. The summed E-state index contributed by atoms with van der Waals surface area (Å²) in [5.41, 5.74) is 3.51. The van der Waals surface area contributed by atoms with Crippen LogP contribution in [0.5, 0.6) is 0 Å². The molecule has 198 valence electrons. The third-order valence-electron chi connectivity index (χ3n) is 6.75. The molecular formula is C28H37N5O3S. The van der Waals surface area contributed by atoms with E-state index < -0.39 is 10.0 Å². The number of para-hydroxylation sites is 1. The van der Waals surface area contributed by atoms with Crippen molar-refractivity contribution < 1.29 is 13.2 Å². The molecule has 9 heteroatoms. The predicted octanol–water partition coefficient (Wildman–Crippen LogP) is 4.41. The van der Waals surface area contributed by atoms with Crippen molar-refractivity contribution in [2.45, 2.75) is 56.9 Å². The average molecular weight is 524 g/mol. The van der Waals surface area contributed by atoms with Gasteiger partial charge in [-0.25, -0.2) is 17.9 Å². The normalized spacial score (nSPS) is 15.6. The molecule has 0 radical (unpaired) electrons. The van der Waals surface area contributed by atoms with Crippen molar-refractivity contribution in [2.24, 2.45) is 0 Å². The Hall–Kier alpha value is -3.01. The van der Waals surface area contributed by atoms with Crippen molar-refractivity contribution in [3.05, 3.63) is 65.9 Å². The van der Waals surface area contributed by atoms with Gasteiger partial charge >= 0.3 is 6.03 Å². The fourth-order valence-electron chi connectivity index (χ4n) is 4.60.